The van der Waals surface area contributed by atoms with E-state index in [-0.39, 0.29) is 18.6 Å². The molecule has 0 bridgehead atoms. The fourth-order valence-electron chi connectivity index (χ4n) is 1.86. The normalized spacial score (nSPS) is 12.8. The quantitative estimate of drug-likeness (QED) is 0.805. The van der Waals surface area contributed by atoms with Gasteiger partial charge in [0, 0.05) is 23.1 Å². The third-order valence-corrected chi connectivity index (χ3v) is 3.47. The number of amides is 1. The summed E-state index contributed by atoms with van der Waals surface area (Å²) in [5.74, 6) is -1.46. The van der Waals surface area contributed by atoms with Crippen LogP contribution >= 0.6 is 15.9 Å². The largest absolute Gasteiger partial charge is 0.480 e. The minimum absolute atomic E-state index is 0.216. The number of hydrogen-bond donors (Lipinski definition) is 2. The Kier molecular flexibility index (Phi) is 6.56. The Hall–Kier alpha value is -1.40. The van der Waals surface area contributed by atoms with Gasteiger partial charge in [0.1, 0.15) is 6.04 Å². The molecule has 1 rings (SSSR count). The highest BCUT2D eigenvalue weighted by atomic mass is 79.9. The summed E-state index contributed by atoms with van der Waals surface area (Å²) in [6, 6.07) is 4.26. The molecule has 22 heavy (non-hydrogen) atoms. The summed E-state index contributed by atoms with van der Waals surface area (Å²) in [4.78, 5) is 23.5. The number of carboxylic acids is 1. The Labute approximate surface area is 139 Å². The van der Waals surface area contributed by atoms with Crippen LogP contribution in [-0.4, -0.2) is 35.2 Å². The first-order chi connectivity index (χ1) is 10.1. The minimum atomic E-state index is -1.07. The molecule has 0 fully saturated rings. The zero-order valence-corrected chi connectivity index (χ0v) is 14.9. The van der Waals surface area contributed by atoms with Crippen molar-refractivity contribution >= 4 is 27.8 Å². The van der Waals surface area contributed by atoms with E-state index < -0.39 is 17.9 Å². The molecule has 0 aromatic heterocycles. The van der Waals surface area contributed by atoms with Crippen molar-refractivity contribution in [3.63, 3.8) is 0 Å². The van der Waals surface area contributed by atoms with Gasteiger partial charge in [0.05, 0.1) is 5.60 Å². The van der Waals surface area contributed by atoms with Gasteiger partial charge in [-0.05, 0) is 51.5 Å². The molecule has 0 saturated carbocycles. The third kappa shape index (κ3) is 6.15. The summed E-state index contributed by atoms with van der Waals surface area (Å²) < 4.78 is 6.39. The number of halogens is 1. The van der Waals surface area contributed by atoms with E-state index in [1.807, 2.05) is 26.8 Å². The summed E-state index contributed by atoms with van der Waals surface area (Å²) >= 11 is 3.33. The standard InChI is InChI=1S/C16H22BrNO4/c1-10-9-11(17)5-6-12(10)14(19)18-13(15(20)21)7-8-22-16(2,3)4/h5-6,9,13H,7-8H2,1-4H3,(H,18,19)(H,20,21). The fraction of sp³-hybridized carbons (Fsp3) is 0.500. The average Bonchev–Trinajstić information content (AvgIpc) is 2.35. The maximum atomic E-state index is 12.2. The molecule has 6 heteroatoms. The van der Waals surface area contributed by atoms with E-state index in [1.165, 1.54) is 0 Å². The predicted molar refractivity (Wildman–Crippen MR) is 88.1 cm³/mol. The molecule has 1 atom stereocenters. The summed E-state index contributed by atoms with van der Waals surface area (Å²) in [5, 5.41) is 11.8. The molecule has 0 aliphatic rings. The van der Waals surface area contributed by atoms with Gasteiger partial charge in [-0.1, -0.05) is 15.9 Å². The lowest BCUT2D eigenvalue weighted by molar-refractivity contribution is -0.140. The molecule has 0 radical (unpaired) electrons. The maximum absolute atomic E-state index is 12.2. The van der Waals surface area contributed by atoms with Crippen LogP contribution in [0.25, 0.3) is 0 Å². The first kappa shape index (κ1) is 18.6. The van der Waals surface area contributed by atoms with Crippen molar-refractivity contribution in [2.24, 2.45) is 0 Å². The SMILES string of the molecule is Cc1cc(Br)ccc1C(=O)NC(CCOC(C)(C)C)C(=O)O. The average molecular weight is 372 g/mol. The van der Waals surface area contributed by atoms with Gasteiger partial charge in [0.15, 0.2) is 0 Å². The molecule has 0 heterocycles. The third-order valence-electron chi connectivity index (χ3n) is 2.98. The van der Waals surface area contributed by atoms with Crippen LogP contribution < -0.4 is 5.32 Å². The van der Waals surface area contributed by atoms with Crippen molar-refractivity contribution in [1.82, 2.24) is 5.32 Å². The van der Waals surface area contributed by atoms with E-state index in [0.717, 1.165) is 10.0 Å². The molecule has 0 aliphatic carbocycles. The van der Waals surface area contributed by atoms with E-state index in [2.05, 4.69) is 21.2 Å². The number of rotatable bonds is 6. The van der Waals surface area contributed by atoms with Crippen molar-refractivity contribution < 1.29 is 19.4 Å². The number of carboxylic acid groups (broad SMARTS) is 1. The second-order valence-corrected chi connectivity index (χ2v) is 6.99. The van der Waals surface area contributed by atoms with Gasteiger partial charge in [-0.25, -0.2) is 4.79 Å². The van der Waals surface area contributed by atoms with E-state index in [9.17, 15) is 14.7 Å². The van der Waals surface area contributed by atoms with Gasteiger partial charge in [-0.2, -0.15) is 0 Å². The maximum Gasteiger partial charge on any atom is 0.326 e. The van der Waals surface area contributed by atoms with Gasteiger partial charge < -0.3 is 15.2 Å². The van der Waals surface area contributed by atoms with Crippen LogP contribution in [-0.2, 0) is 9.53 Å². The van der Waals surface area contributed by atoms with E-state index in [1.54, 1.807) is 19.1 Å². The van der Waals surface area contributed by atoms with Crippen LogP contribution in [0.3, 0.4) is 0 Å². The molecular weight excluding hydrogens is 350 g/mol. The van der Waals surface area contributed by atoms with Crippen molar-refractivity contribution in [3.8, 4) is 0 Å². The van der Waals surface area contributed by atoms with Crippen LogP contribution in [0.1, 0.15) is 43.1 Å². The van der Waals surface area contributed by atoms with E-state index >= 15 is 0 Å². The molecule has 122 valence electrons. The number of nitrogens with one attached hydrogen (secondary N) is 1. The second-order valence-electron chi connectivity index (χ2n) is 6.07. The Morgan fingerprint density at radius 3 is 2.50 bits per heavy atom. The highest BCUT2D eigenvalue weighted by Gasteiger charge is 2.22. The topological polar surface area (TPSA) is 75.6 Å². The zero-order chi connectivity index (χ0) is 16.9. The molecule has 2 N–H and O–H groups in total. The van der Waals surface area contributed by atoms with Crippen molar-refractivity contribution in [2.75, 3.05) is 6.61 Å². The fourth-order valence-corrected chi connectivity index (χ4v) is 2.33. The molecule has 5 nitrogen and oxygen atoms in total. The van der Waals surface area contributed by atoms with Crippen LogP contribution in [0.5, 0.6) is 0 Å². The van der Waals surface area contributed by atoms with Crippen LogP contribution in [0.4, 0.5) is 0 Å². The number of benzene rings is 1. The number of hydrogen-bond acceptors (Lipinski definition) is 3. The van der Waals surface area contributed by atoms with Gasteiger partial charge in [-0.15, -0.1) is 0 Å². The lowest BCUT2D eigenvalue weighted by Crippen LogP contribution is -2.42. The number of ether oxygens (including phenoxy) is 1. The number of carbonyl (C=O) groups excluding carboxylic acids is 1. The predicted octanol–water partition coefficient (Wildman–Crippen LogP) is 3.15. The first-order valence-corrected chi connectivity index (χ1v) is 7.83. The van der Waals surface area contributed by atoms with Gasteiger partial charge in [0.2, 0.25) is 0 Å². The Morgan fingerprint density at radius 2 is 2.00 bits per heavy atom. The molecule has 0 aliphatic heterocycles. The van der Waals surface area contributed by atoms with Gasteiger partial charge >= 0.3 is 5.97 Å². The molecule has 0 saturated heterocycles. The Morgan fingerprint density at radius 1 is 1.36 bits per heavy atom. The lowest BCUT2D eigenvalue weighted by atomic mass is 10.1. The Balaban J connectivity index is 2.70. The summed E-state index contributed by atoms with van der Waals surface area (Å²) in [5.41, 5.74) is 0.906. The Bertz CT molecular complexity index is 552. The van der Waals surface area contributed by atoms with Crippen LogP contribution in [0, 0.1) is 6.92 Å². The molecule has 1 aromatic carbocycles. The molecule has 1 unspecified atom stereocenters. The zero-order valence-electron chi connectivity index (χ0n) is 13.3. The smallest absolute Gasteiger partial charge is 0.326 e. The van der Waals surface area contributed by atoms with Crippen molar-refractivity contribution in [3.05, 3.63) is 33.8 Å². The van der Waals surface area contributed by atoms with Crippen LogP contribution in [0.15, 0.2) is 22.7 Å². The van der Waals surface area contributed by atoms with Crippen molar-refractivity contribution in [1.29, 1.82) is 0 Å². The van der Waals surface area contributed by atoms with E-state index in [4.69, 9.17) is 4.74 Å². The number of aryl methyl sites for hydroxylation is 1. The lowest BCUT2D eigenvalue weighted by Gasteiger charge is -2.21. The number of aliphatic carboxylic acids is 1. The molecule has 0 spiro atoms. The molecular formula is C16H22BrNO4. The molecule has 1 aromatic rings. The highest BCUT2D eigenvalue weighted by Crippen LogP contribution is 2.16. The van der Waals surface area contributed by atoms with Crippen LogP contribution in [0.2, 0.25) is 0 Å². The molecule has 1 amide bonds. The number of carbonyl (C=O) groups is 2. The van der Waals surface area contributed by atoms with Gasteiger partial charge in [-0.3, -0.25) is 4.79 Å². The summed E-state index contributed by atoms with van der Waals surface area (Å²) in [7, 11) is 0. The van der Waals surface area contributed by atoms with Crippen molar-refractivity contribution in [2.45, 2.75) is 45.8 Å². The summed E-state index contributed by atoms with van der Waals surface area (Å²) in [6.45, 7) is 7.75. The highest BCUT2D eigenvalue weighted by molar-refractivity contribution is 9.10. The minimum Gasteiger partial charge on any atom is -0.480 e. The summed E-state index contributed by atoms with van der Waals surface area (Å²) in [6.07, 6.45) is 0.216. The monoisotopic (exact) mass is 371 g/mol. The van der Waals surface area contributed by atoms with Gasteiger partial charge in [0.25, 0.3) is 5.91 Å². The first-order valence-electron chi connectivity index (χ1n) is 7.04. The van der Waals surface area contributed by atoms with E-state index in [0.29, 0.717) is 5.56 Å². The second kappa shape index (κ2) is 7.74.